The number of amides is 5. The maximum absolute atomic E-state index is 13.6. The zero-order valence-electron chi connectivity index (χ0n) is 37.9. The number of hydrogen-bond acceptors (Lipinski definition) is 14. The number of carbonyl (C=O) groups is 5. The van der Waals surface area contributed by atoms with Crippen LogP contribution in [0.3, 0.4) is 0 Å². The molecule has 19 heteroatoms. The van der Waals surface area contributed by atoms with Crippen molar-refractivity contribution in [3.05, 3.63) is 90.3 Å². The number of nitrogens with one attached hydrogen (secondary N) is 1. The third kappa shape index (κ3) is 10.8. The van der Waals surface area contributed by atoms with Gasteiger partial charge in [-0.05, 0) is 86.3 Å². The van der Waals surface area contributed by atoms with Gasteiger partial charge in [0.25, 0.3) is 5.91 Å². The van der Waals surface area contributed by atoms with Gasteiger partial charge in [-0.25, -0.2) is 14.6 Å². The number of fused-ring (bicyclic) bond motifs is 2. The predicted octanol–water partition coefficient (Wildman–Crippen LogP) is 4.54. The summed E-state index contributed by atoms with van der Waals surface area (Å²) in [6.07, 6.45) is 4.88. The molecule has 3 saturated heterocycles. The standard InChI is InChI=1S/C49H56N10O8S/c50-46-44-45(33-13-15-36(16-14-33)67-35-8-2-1-3-9-35)54-59(47(44)52-32-51-46)34-7-5-20-57(29-34)42(61)12-6-19-55-21-23-56(24-22-55)43(62)31-66-26-25-65-27-28-68-40-11-4-10-37-38(40)30-58(49(37)64)39-17-18-41(60)53-48(39)63/h1-4,8-11,13-16,32,34,39H,5-7,12,17-31H2,(H2,50,51,52)(H,53,60,63)/t34-,39?/m1/s1. The first-order valence-electron chi connectivity index (χ1n) is 23.3. The lowest BCUT2D eigenvalue weighted by atomic mass is 10.0. The molecule has 0 spiro atoms. The molecule has 0 radical (unpaired) electrons. The third-order valence-corrected chi connectivity index (χ3v) is 14.0. The lowest BCUT2D eigenvalue weighted by Gasteiger charge is -2.35. The van der Waals surface area contributed by atoms with Crippen molar-refractivity contribution in [3.63, 3.8) is 0 Å². The Kier molecular flexibility index (Phi) is 14.9. The molecule has 68 heavy (non-hydrogen) atoms. The number of imide groups is 1. The molecule has 2 atom stereocenters. The van der Waals surface area contributed by atoms with Crippen LogP contribution in [0.2, 0.25) is 0 Å². The quantitative estimate of drug-likeness (QED) is 0.0703. The van der Waals surface area contributed by atoms with E-state index in [1.165, 1.54) is 6.33 Å². The number of para-hydroxylation sites is 1. The van der Waals surface area contributed by atoms with E-state index in [1.54, 1.807) is 22.7 Å². The van der Waals surface area contributed by atoms with Crippen molar-refractivity contribution in [2.24, 2.45) is 0 Å². The van der Waals surface area contributed by atoms with Gasteiger partial charge < -0.3 is 34.6 Å². The van der Waals surface area contributed by atoms with Gasteiger partial charge in [-0.2, -0.15) is 5.10 Å². The normalized spacial score (nSPS) is 18.8. The van der Waals surface area contributed by atoms with E-state index in [0.717, 1.165) is 60.7 Å². The third-order valence-electron chi connectivity index (χ3n) is 12.9. The second-order valence-electron chi connectivity index (χ2n) is 17.3. The molecule has 0 saturated carbocycles. The number of piperidine rings is 2. The molecule has 3 N–H and O–H groups in total. The van der Waals surface area contributed by atoms with Crippen LogP contribution in [-0.4, -0.2) is 153 Å². The lowest BCUT2D eigenvalue weighted by Crippen LogP contribution is -2.52. The maximum Gasteiger partial charge on any atom is 0.255 e. The molecule has 3 aromatic carbocycles. The number of ether oxygens (including phenoxy) is 3. The zero-order valence-corrected chi connectivity index (χ0v) is 38.7. The summed E-state index contributed by atoms with van der Waals surface area (Å²) >= 11 is 1.58. The van der Waals surface area contributed by atoms with Crippen LogP contribution >= 0.6 is 11.8 Å². The molecule has 356 valence electrons. The Labute approximate surface area is 398 Å². The van der Waals surface area contributed by atoms with Crippen LogP contribution in [0.1, 0.15) is 60.5 Å². The van der Waals surface area contributed by atoms with Gasteiger partial charge >= 0.3 is 0 Å². The molecule has 0 aliphatic carbocycles. The number of aromatic nitrogens is 4. The number of rotatable bonds is 18. The molecule has 4 aliphatic rings. The Morgan fingerprint density at radius 3 is 2.43 bits per heavy atom. The first kappa shape index (κ1) is 46.7. The van der Waals surface area contributed by atoms with E-state index in [0.29, 0.717) is 105 Å². The molecular formula is C49H56N10O8S. The Balaban J connectivity index is 0.656. The van der Waals surface area contributed by atoms with Gasteiger partial charge in [0.1, 0.15) is 42.0 Å². The SMILES string of the molecule is Nc1ncnc2c1c(-c1ccc(Oc3ccccc3)cc1)nn2[C@@H]1CCCN(C(=O)CCCN2CCN(C(=O)COCCOCCSc3cccc4c3CN(C3CCC(=O)NC3=O)C4=O)CC2)C1. The first-order chi connectivity index (χ1) is 33.2. The molecular weight excluding hydrogens is 889 g/mol. The molecule has 0 bridgehead atoms. The van der Waals surface area contributed by atoms with E-state index in [4.69, 9.17) is 25.0 Å². The highest BCUT2D eigenvalue weighted by molar-refractivity contribution is 7.99. The average Bonchev–Trinajstić information content (AvgIpc) is 3.92. The molecule has 18 nitrogen and oxygen atoms in total. The number of nitrogen functional groups attached to an aromatic ring is 1. The van der Waals surface area contributed by atoms with Crippen molar-refractivity contribution >= 4 is 58.1 Å². The van der Waals surface area contributed by atoms with Crippen molar-refractivity contribution in [2.75, 3.05) is 83.7 Å². The van der Waals surface area contributed by atoms with Gasteiger partial charge in [-0.3, -0.25) is 34.2 Å². The monoisotopic (exact) mass is 944 g/mol. The topological polar surface area (TPSA) is 208 Å². The van der Waals surface area contributed by atoms with E-state index in [-0.39, 0.29) is 42.7 Å². The van der Waals surface area contributed by atoms with Crippen LogP contribution in [0.15, 0.2) is 84.0 Å². The van der Waals surface area contributed by atoms with Crippen LogP contribution in [0, 0.1) is 0 Å². The van der Waals surface area contributed by atoms with Crippen LogP contribution in [-0.2, 0) is 35.2 Å². The van der Waals surface area contributed by atoms with E-state index < -0.39 is 11.9 Å². The highest BCUT2D eigenvalue weighted by Crippen LogP contribution is 2.36. The summed E-state index contributed by atoms with van der Waals surface area (Å²) in [7, 11) is 0. The Bertz CT molecular complexity index is 2620. The summed E-state index contributed by atoms with van der Waals surface area (Å²) in [5.41, 5.74) is 10.1. The Morgan fingerprint density at radius 2 is 1.62 bits per heavy atom. The largest absolute Gasteiger partial charge is 0.457 e. The second-order valence-corrected chi connectivity index (χ2v) is 18.5. The minimum atomic E-state index is -0.648. The number of hydrogen-bond donors (Lipinski definition) is 2. The number of likely N-dealkylation sites (tertiary alicyclic amines) is 1. The highest BCUT2D eigenvalue weighted by Gasteiger charge is 2.40. The summed E-state index contributed by atoms with van der Waals surface area (Å²) in [6.45, 7) is 6.13. The predicted molar refractivity (Wildman–Crippen MR) is 254 cm³/mol. The van der Waals surface area contributed by atoms with Crippen LogP contribution in [0.25, 0.3) is 22.3 Å². The van der Waals surface area contributed by atoms with Crippen LogP contribution < -0.4 is 15.8 Å². The molecule has 2 aromatic heterocycles. The fourth-order valence-corrected chi connectivity index (χ4v) is 10.3. The van der Waals surface area contributed by atoms with Gasteiger partial charge in [0.2, 0.25) is 23.6 Å². The smallest absolute Gasteiger partial charge is 0.255 e. The van der Waals surface area contributed by atoms with Gasteiger partial charge in [-0.1, -0.05) is 24.3 Å². The Hall–Kier alpha value is -6.41. The number of nitrogens with two attached hydrogens (primary N) is 1. The summed E-state index contributed by atoms with van der Waals surface area (Å²) in [4.78, 5) is 81.1. The van der Waals surface area contributed by atoms with Gasteiger partial charge in [0.05, 0.1) is 31.2 Å². The summed E-state index contributed by atoms with van der Waals surface area (Å²) in [5, 5.41) is 8.08. The molecule has 6 heterocycles. The van der Waals surface area contributed by atoms with E-state index >= 15 is 0 Å². The molecule has 4 aliphatic heterocycles. The molecule has 9 rings (SSSR count). The molecule has 5 amide bonds. The van der Waals surface area contributed by atoms with Crippen molar-refractivity contribution < 1.29 is 38.2 Å². The van der Waals surface area contributed by atoms with Crippen molar-refractivity contribution in [1.29, 1.82) is 0 Å². The van der Waals surface area contributed by atoms with Gasteiger partial charge in [0, 0.05) is 80.4 Å². The number of piperazine rings is 1. The fourth-order valence-electron chi connectivity index (χ4n) is 9.34. The van der Waals surface area contributed by atoms with Crippen molar-refractivity contribution in [3.8, 4) is 22.8 Å². The minimum Gasteiger partial charge on any atom is -0.457 e. The minimum absolute atomic E-state index is 0.00894. The number of anilines is 1. The fraction of sp³-hybridized carbons (Fsp3) is 0.429. The van der Waals surface area contributed by atoms with E-state index in [9.17, 15) is 24.0 Å². The molecule has 3 fully saturated rings. The summed E-state index contributed by atoms with van der Waals surface area (Å²) in [6, 6.07) is 22.2. The second kappa shape index (κ2) is 21.7. The summed E-state index contributed by atoms with van der Waals surface area (Å²) in [5.74, 6) is 1.61. The van der Waals surface area contributed by atoms with E-state index in [2.05, 4.69) is 20.2 Å². The number of nitrogens with zero attached hydrogens (tertiary/aromatic N) is 8. The van der Waals surface area contributed by atoms with Crippen LogP contribution in [0.4, 0.5) is 5.82 Å². The first-order valence-corrected chi connectivity index (χ1v) is 24.3. The summed E-state index contributed by atoms with van der Waals surface area (Å²) < 4.78 is 19.3. The van der Waals surface area contributed by atoms with Crippen LogP contribution in [0.5, 0.6) is 11.5 Å². The number of thioether (sulfide) groups is 1. The maximum atomic E-state index is 13.6. The molecule has 5 aromatic rings. The molecule has 1 unspecified atom stereocenters. The average molecular weight is 945 g/mol. The van der Waals surface area contributed by atoms with E-state index in [1.807, 2.05) is 81.2 Å². The van der Waals surface area contributed by atoms with Gasteiger partial charge in [-0.15, -0.1) is 11.8 Å². The zero-order chi connectivity index (χ0) is 47.0. The Morgan fingerprint density at radius 1 is 0.824 bits per heavy atom. The van der Waals surface area contributed by atoms with Crippen molar-refractivity contribution in [2.45, 2.75) is 62.0 Å². The van der Waals surface area contributed by atoms with Crippen molar-refractivity contribution in [1.82, 2.24) is 44.7 Å². The highest BCUT2D eigenvalue weighted by atomic mass is 32.2. The van der Waals surface area contributed by atoms with Gasteiger partial charge in [0.15, 0.2) is 5.65 Å². The lowest BCUT2D eigenvalue weighted by molar-refractivity contribution is -0.139. The number of carbonyl (C=O) groups excluding carboxylic acids is 5. The number of benzene rings is 3.